The first kappa shape index (κ1) is 24.1. The van der Waals surface area contributed by atoms with Crippen LogP contribution in [0.2, 0.25) is 0 Å². The lowest BCUT2D eigenvalue weighted by Crippen LogP contribution is -2.18. The van der Waals surface area contributed by atoms with Crippen LogP contribution < -0.4 is 10.6 Å². The number of anilines is 2. The van der Waals surface area contributed by atoms with Gasteiger partial charge in [0, 0.05) is 29.7 Å². The van der Waals surface area contributed by atoms with Gasteiger partial charge in [0.05, 0.1) is 5.75 Å². The monoisotopic (exact) mass is 491 g/mol. The van der Waals surface area contributed by atoms with Crippen LogP contribution in [0.4, 0.5) is 15.8 Å². The van der Waals surface area contributed by atoms with E-state index in [-0.39, 0.29) is 30.0 Å². The molecule has 2 amide bonds. The second-order valence-electron chi connectivity index (χ2n) is 7.38. The van der Waals surface area contributed by atoms with Crippen molar-refractivity contribution in [2.45, 2.75) is 5.16 Å². The van der Waals surface area contributed by atoms with Crippen molar-refractivity contribution in [3.8, 4) is 17.1 Å². The minimum atomic E-state index is -0.340. The van der Waals surface area contributed by atoms with Gasteiger partial charge in [-0.25, -0.2) is 4.39 Å². The highest BCUT2D eigenvalue weighted by molar-refractivity contribution is 7.99. The van der Waals surface area contributed by atoms with E-state index in [2.05, 4.69) is 20.8 Å². The van der Waals surface area contributed by atoms with E-state index in [0.29, 0.717) is 27.9 Å². The first-order valence-corrected chi connectivity index (χ1v) is 11.6. The van der Waals surface area contributed by atoms with Crippen LogP contribution in [-0.4, -0.2) is 46.0 Å². The average molecular weight is 492 g/mol. The molecule has 178 valence electrons. The van der Waals surface area contributed by atoms with Gasteiger partial charge in [0.1, 0.15) is 12.4 Å². The third kappa shape index (κ3) is 6.31. The molecule has 35 heavy (non-hydrogen) atoms. The number of ether oxygens (including phenoxy) is 1. The molecule has 2 N–H and O–H groups in total. The van der Waals surface area contributed by atoms with Gasteiger partial charge in [0.25, 0.3) is 0 Å². The second kappa shape index (κ2) is 11.4. The summed E-state index contributed by atoms with van der Waals surface area (Å²) >= 11 is 1.23. The number of nitrogens with one attached hydrogen (secondary N) is 2. The van der Waals surface area contributed by atoms with Gasteiger partial charge in [-0.3, -0.25) is 14.2 Å². The second-order valence-corrected chi connectivity index (χ2v) is 8.33. The first-order chi connectivity index (χ1) is 17.0. The molecule has 0 aliphatic rings. The van der Waals surface area contributed by atoms with Crippen LogP contribution in [-0.2, 0) is 14.3 Å². The summed E-state index contributed by atoms with van der Waals surface area (Å²) in [5, 5.41) is 14.6. The molecule has 0 radical (unpaired) electrons. The third-order valence-corrected chi connectivity index (χ3v) is 5.72. The Morgan fingerprint density at radius 3 is 2.29 bits per heavy atom. The number of halogens is 1. The summed E-state index contributed by atoms with van der Waals surface area (Å²) in [6.45, 7) is -0.0603. The van der Waals surface area contributed by atoms with Crippen LogP contribution in [0.25, 0.3) is 17.1 Å². The van der Waals surface area contributed by atoms with Gasteiger partial charge in [-0.15, -0.1) is 10.2 Å². The van der Waals surface area contributed by atoms with Crippen LogP contribution in [0, 0.1) is 5.82 Å². The molecule has 0 aliphatic carbocycles. The number of aromatic nitrogens is 3. The topological polar surface area (TPSA) is 98.1 Å². The van der Waals surface area contributed by atoms with Crippen molar-refractivity contribution in [1.82, 2.24) is 14.8 Å². The lowest BCUT2D eigenvalue weighted by atomic mass is 10.2. The number of thioether (sulfide) groups is 1. The van der Waals surface area contributed by atoms with Crippen molar-refractivity contribution in [3.63, 3.8) is 0 Å². The predicted molar refractivity (Wildman–Crippen MR) is 133 cm³/mol. The minimum absolute atomic E-state index is 0.0603. The van der Waals surface area contributed by atoms with Gasteiger partial charge >= 0.3 is 0 Å². The van der Waals surface area contributed by atoms with Crippen LogP contribution in [0.3, 0.4) is 0 Å². The Kier molecular flexibility index (Phi) is 7.86. The highest BCUT2D eigenvalue weighted by atomic mass is 32.2. The molecule has 0 atom stereocenters. The SMILES string of the molecule is COCC(=O)Nc1cccc(NC(=O)CSc2nnc(-c3ccc(F)cc3)n2-c2ccccc2)c1. The fraction of sp³-hybridized carbons (Fsp3) is 0.120. The van der Waals surface area contributed by atoms with Crippen LogP contribution in [0.15, 0.2) is 84.0 Å². The van der Waals surface area contributed by atoms with E-state index in [1.165, 1.54) is 31.0 Å². The summed E-state index contributed by atoms with van der Waals surface area (Å²) in [6.07, 6.45) is 0. The molecule has 0 saturated carbocycles. The largest absolute Gasteiger partial charge is 0.375 e. The zero-order chi connectivity index (χ0) is 24.6. The molecule has 4 aromatic rings. The van der Waals surface area contributed by atoms with Crippen molar-refractivity contribution >= 4 is 35.0 Å². The summed E-state index contributed by atoms with van der Waals surface area (Å²) < 4.78 is 20.1. The van der Waals surface area contributed by atoms with E-state index >= 15 is 0 Å². The number of methoxy groups -OCH3 is 1. The molecule has 0 bridgehead atoms. The lowest BCUT2D eigenvalue weighted by Gasteiger charge is -2.11. The summed E-state index contributed by atoms with van der Waals surface area (Å²) in [6, 6.07) is 22.3. The van der Waals surface area contributed by atoms with E-state index in [1.807, 2.05) is 34.9 Å². The van der Waals surface area contributed by atoms with Crippen LogP contribution in [0.5, 0.6) is 0 Å². The van der Waals surface area contributed by atoms with Gasteiger partial charge < -0.3 is 15.4 Å². The van der Waals surface area contributed by atoms with E-state index in [4.69, 9.17) is 4.74 Å². The zero-order valence-electron chi connectivity index (χ0n) is 18.8. The molecule has 0 aliphatic heterocycles. The normalized spacial score (nSPS) is 10.7. The molecule has 0 fully saturated rings. The average Bonchev–Trinajstić information content (AvgIpc) is 3.28. The fourth-order valence-corrected chi connectivity index (χ4v) is 4.04. The minimum Gasteiger partial charge on any atom is -0.375 e. The molecule has 3 aromatic carbocycles. The zero-order valence-corrected chi connectivity index (χ0v) is 19.6. The number of carbonyl (C=O) groups is 2. The Balaban J connectivity index is 1.48. The number of benzene rings is 3. The van der Waals surface area contributed by atoms with Crippen LogP contribution >= 0.6 is 11.8 Å². The van der Waals surface area contributed by atoms with E-state index in [0.717, 1.165) is 5.69 Å². The Morgan fingerprint density at radius 1 is 0.914 bits per heavy atom. The van der Waals surface area contributed by atoms with Crippen molar-refractivity contribution in [2.75, 3.05) is 30.1 Å². The van der Waals surface area contributed by atoms with Crippen LogP contribution in [0.1, 0.15) is 0 Å². The predicted octanol–water partition coefficient (Wildman–Crippen LogP) is 4.39. The van der Waals surface area contributed by atoms with E-state index in [1.54, 1.807) is 36.4 Å². The lowest BCUT2D eigenvalue weighted by molar-refractivity contribution is -0.119. The summed E-state index contributed by atoms with van der Waals surface area (Å²) in [7, 11) is 1.44. The molecule has 0 saturated heterocycles. The van der Waals surface area contributed by atoms with Gasteiger partial charge in [-0.05, 0) is 54.6 Å². The highest BCUT2D eigenvalue weighted by Crippen LogP contribution is 2.28. The quantitative estimate of drug-likeness (QED) is 0.337. The van der Waals surface area contributed by atoms with Gasteiger partial charge in [-0.1, -0.05) is 36.0 Å². The maximum atomic E-state index is 13.4. The molecular weight excluding hydrogens is 469 g/mol. The van der Waals surface area contributed by atoms with E-state index < -0.39 is 0 Å². The number of rotatable bonds is 9. The molecule has 4 rings (SSSR count). The van der Waals surface area contributed by atoms with Crippen molar-refractivity contribution in [1.29, 1.82) is 0 Å². The first-order valence-electron chi connectivity index (χ1n) is 10.6. The molecule has 0 unspecified atom stereocenters. The third-order valence-electron chi connectivity index (χ3n) is 4.79. The Labute approximate surface area is 205 Å². The smallest absolute Gasteiger partial charge is 0.250 e. The Bertz CT molecular complexity index is 1310. The number of hydrogen-bond acceptors (Lipinski definition) is 6. The summed E-state index contributed by atoms with van der Waals surface area (Å²) in [5.41, 5.74) is 2.61. The standard InChI is InChI=1S/C25H22FN5O3S/c1-34-15-22(32)27-19-6-5-7-20(14-19)28-23(33)16-35-25-30-29-24(17-10-12-18(26)13-11-17)31(25)21-8-3-2-4-9-21/h2-14H,15-16H2,1H3,(H,27,32)(H,28,33). The number of carbonyl (C=O) groups excluding carboxylic acids is 2. The fourth-order valence-electron chi connectivity index (χ4n) is 3.29. The molecule has 1 aromatic heterocycles. The van der Waals surface area contributed by atoms with Crippen molar-refractivity contribution in [2.24, 2.45) is 0 Å². The molecular formula is C25H22FN5O3S. The van der Waals surface area contributed by atoms with Crippen molar-refractivity contribution in [3.05, 3.63) is 84.7 Å². The van der Waals surface area contributed by atoms with E-state index in [9.17, 15) is 14.0 Å². The van der Waals surface area contributed by atoms with Crippen molar-refractivity contribution < 1.29 is 18.7 Å². The maximum Gasteiger partial charge on any atom is 0.250 e. The molecule has 8 nitrogen and oxygen atoms in total. The maximum absolute atomic E-state index is 13.4. The van der Waals surface area contributed by atoms with Gasteiger partial charge in [-0.2, -0.15) is 0 Å². The number of para-hydroxylation sites is 1. The molecule has 0 spiro atoms. The summed E-state index contributed by atoms with van der Waals surface area (Å²) in [4.78, 5) is 24.4. The van der Waals surface area contributed by atoms with Gasteiger partial charge in [0.15, 0.2) is 11.0 Å². The number of hydrogen-bond donors (Lipinski definition) is 2. The molecule has 1 heterocycles. The Hall–Kier alpha value is -4.02. The van der Waals surface area contributed by atoms with Gasteiger partial charge in [0.2, 0.25) is 11.8 Å². The highest BCUT2D eigenvalue weighted by Gasteiger charge is 2.17. The number of nitrogens with zero attached hydrogens (tertiary/aromatic N) is 3. The Morgan fingerprint density at radius 2 is 1.60 bits per heavy atom. The summed E-state index contributed by atoms with van der Waals surface area (Å²) in [5.74, 6) is -0.258. The number of amides is 2. The molecule has 10 heteroatoms.